The molecule has 13 heavy (non-hydrogen) atoms. The molecule has 0 spiro atoms. The molecular weight excluding hydrogens is 162 g/mol. The molecule has 72 valence electrons. The average Bonchev–Trinajstić information content (AvgIpc) is 2.18. The molecule has 0 amide bonds. The summed E-state index contributed by atoms with van der Waals surface area (Å²) in [6.45, 7) is 4.65. The largest absolute Gasteiger partial charge is 0.489 e. The summed E-state index contributed by atoms with van der Waals surface area (Å²) in [5.41, 5.74) is 6.73. The number of para-hydroxylation sites is 1. The normalized spacial score (nSPS) is 12.5. The topological polar surface area (TPSA) is 35.2 Å². The molecule has 0 radical (unpaired) electrons. The van der Waals surface area contributed by atoms with Gasteiger partial charge >= 0.3 is 0 Å². The van der Waals surface area contributed by atoms with Gasteiger partial charge in [-0.3, -0.25) is 0 Å². The van der Waals surface area contributed by atoms with Crippen LogP contribution in [0.1, 0.15) is 19.4 Å². The van der Waals surface area contributed by atoms with E-state index in [4.69, 9.17) is 10.5 Å². The van der Waals surface area contributed by atoms with Crippen molar-refractivity contribution in [2.45, 2.75) is 26.4 Å². The molecule has 1 unspecified atom stereocenters. The second-order valence-electron chi connectivity index (χ2n) is 3.13. The third-order valence-corrected chi connectivity index (χ3v) is 2.01. The molecule has 0 aliphatic rings. The first-order chi connectivity index (χ1) is 6.27. The number of hydrogen-bond acceptors (Lipinski definition) is 2. The predicted molar refractivity (Wildman–Crippen MR) is 55.0 cm³/mol. The minimum absolute atomic E-state index is 0.0905. The van der Waals surface area contributed by atoms with Gasteiger partial charge < -0.3 is 10.5 Å². The van der Waals surface area contributed by atoms with Crippen molar-refractivity contribution in [3.05, 3.63) is 29.8 Å². The van der Waals surface area contributed by atoms with Crippen molar-refractivity contribution in [3.8, 4) is 5.75 Å². The number of ether oxygens (including phenoxy) is 1. The Hall–Kier alpha value is -1.02. The minimum atomic E-state index is 0.0905. The van der Waals surface area contributed by atoms with Crippen molar-refractivity contribution >= 4 is 0 Å². The number of aryl methyl sites for hydroxylation is 1. The first-order valence-corrected chi connectivity index (χ1v) is 4.72. The van der Waals surface area contributed by atoms with Crippen LogP contribution in [0.15, 0.2) is 24.3 Å². The van der Waals surface area contributed by atoms with Gasteiger partial charge in [0.1, 0.15) is 11.9 Å². The molecule has 2 N–H and O–H groups in total. The molecule has 1 rings (SSSR count). The van der Waals surface area contributed by atoms with Crippen LogP contribution in [-0.2, 0) is 6.42 Å². The highest BCUT2D eigenvalue weighted by Gasteiger charge is 2.04. The second kappa shape index (κ2) is 4.87. The molecule has 0 fully saturated rings. The molecule has 0 aliphatic heterocycles. The molecule has 0 saturated heterocycles. The van der Waals surface area contributed by atoms with Gasteiger partial charge in [-0.15, -0.1) is 0 Å². The third kappa shape index (κ3) is 2.74. The summed E-state index contributed by atoms with van der Waals surface area (Å²) in [4.78, 5) is 0. The second-order valence-corrected chi connectivity index (χ2v) is 3.13. The molecule has 0 bridgehead atoms. The van der Waals surface area contributed by atoms with Crippen LogP contribution in [0.4, 0.5) is 0 Å². The van der Waals surface area contributed by atoms with Crippen molar-refractivity contribution in [3.63, 3.8) is 0 Å². The van der Waals surface area contributed by atoms with Crippen molar-refractivity contribution < 1.29 is 4.74 Å². The lowest BCUT2D eigenvalue weighted by atomic mass is 10.1. The Bertz CT molecular complexity index is 260. The summed E-state index contributed by atoms with van der Waals surface area (Å²) in [6, 6.07) is 8.08. The van der Waals surface area contributed by atoms with E-state index in [0.717, 1.165) is 12.2 Å². The molecule has 1 aromatic carbocycles. The van der Waals surface area contributed by atoms with E-state index in [0.29, 0.717) is 6.54 Å². The van der Waals surface area contributed by atoms with Crippen LogP contribution in [0.25, 0.3) is 0 Å². The molecule has 0 aromatic heterocycles. The van der Waals surface area contributed by atoms with E-state index in [9.17, 15) is 0 Å². The SMILES string of the molecule is CCc1ccccc1OC(C)CN. The van der Waals surface area contributed by atoms with E-state index in [1.807, 2.05) is 25.1 Å². The van der Waals surface area contributed by atoms with Crippen LogP contribution >= 0.6 is 0 Å². The summed E-state index contributed by atoms with van der Waals surface area (Å²) >= 11 is 0. The zero-order valence-corrected chi connectivity index (χ0v) is 8.29. The predicted octanol–water partition coefficient (Wildman–Crippen LogP) is 1.97. The van der Waals surface area contributed by atoms with Crippen LogP contribution in [-0.4, -0.2) is 12.6 Å². The van der Waals surface area contributed by atoms with E-state index in [1.165, 1.54) is 5.56 Å². The Balaban J connectivity index is 2.74. The minimum Gasteiger partial charge on any atom is -0.489 e. The van der Waals surface area contributed by atoms with Gasteiger partial charge in [0.05, 0.1) is 0 Å². The van der Waals surface area contributed by atoms with Gasteiger partial charge in [-0.05, 0) is 25.0 Å². The summed E-state index contributed by atoms with van der Waals surface area (Å²) < 4.78 is 5.66. The maximum atomic E-state index is 5.66. The average molecular weight is 179 g/mol. The lowest BCUT2D eigenvalue weighted by Crippen LogP contribution is -2.23. The standard InChI is InChI=1S/C11H17NO/c1-3-10-6-4-5-7-11(10)13-9(2)8-12/h4-7,9H,3,8,12H2,1-2H3. The third-order valence-electron chi connectivity index (χ3n) is 2.01. The van der Waals surface area contributed by atoms with Gasteiger partial charge in [0.2, 0.25) is 0 Å². The molecule has 1 atom stereocenters. The molecule has 2 heteroatoms. The van der Waals surface area contributed by atoms with E-state index < -0.39 is 0 Å². The zero-order valence-electron chi connectivity index (χ0n) is 8.29. The van der Waals surface area contributed by atoms with Crippen molar-refractivity contribution in [1.82, 2.24) is 0 Å². The van der Waals surface area contributed by atoms with Crippen LogP contribution in [0, 0.1) is 0 Å². The van der Waals surface area contributed by atoms with Crippen LogP contribution in [0.2, 0.25) is 0 Å². The van der Waals surface area contributed by atoms with Crippen molar-refractivity contribution in [1.29, 1.82) is 0 Å². The molecular formula is C11H17NO. The summed E-state index contributed by atoms with van der Waals surface area (Å²) in [7, 11) is 0. The summed E-state index contributed by atoms with van der Waals surface area (Å²) in [5, 5.41) is 0. The highest BCUT2D eigenvalue weighted by Crippen LogP contribution is 2.19. The van der Waals surface area contributed by atoms with Crippen LogP contribution in [0.3, 0.4) is 0 Å². The summed E-state index contributed by atoms with van der Waals surface area (Å²) in [5.74, 6) is 0.961. The highest BCUT2D eigenvalue weighted by molar-refractivity contribution is 5.33. The number of rotatable bonds is 4. The van der Waals surface area contributed by atoms with E-state index in [-0.39, 0.29) is 6.10 Å². The lowest BCUT2D eigenvalue weighted by Gasteiger charge is -2.14. The van der Waals surface area contributed by atoms with Gasteiger partial charge in [0.15, 0.2) is 0 Å². The Morgan fingerprint density at radius 1 is 1.38 bits per heavy atom. The fraction of sp³-hybridized carbons (Fsp3) is 0.455. The number of nitrogens with two attached hydrogens (primary N) is 1. The molecule has 0 saturated carbocycles. The van der Waals surface area contributed by atoms with Crippen LogP contribution in [0.5, 0.6) is 5.75 Å². The van der Waals surface area contributed by atoms with Gasteiger partial charge in [-0.25, -0.2) is 0 Å². The van der Waals surface area contributed by atoms with Gasteiger partial charge in [0.25, 0.3) is 0 Å². The Kier molecular flexibility index (Phi) is 3.77. The fourth-order valence-electron chi connectivity index (χ4n) is 1.18. The number of hydrogen-bond donors (Lipinski definition) is 1. The summed E-state index contributed by atoms with van der Waals surface area (Å²) in [6.07, 6.45) is 1.08. The maximum Gasteiger partial charge on any atom is 0.122 e. The smallest absolute Gasteiger partial charge is 0.122 e. The Morgan fingerprint density at radius 2 is 2.08 bits per heavy atom. The quantitative estimate of drug-likeness (QED) is 0.767. The molecule has 2 nitrogen and oxygen atoms in total. The molecule has 0 heterocycles. The number of benzene rings is 1. The van der Waals surface area contributed by atoms with Gasteiger partial charge in [0, 0.05) is 6.54 Å². The zero-order chi connectivity index (χ0) is 9.68. The van der Waals surface area contributed by atoms with Gasteiger partial charge in [-0.2, -0.15) is 0 Å². The van der Waals surface area contributed by atoms with E-state index in [2.05, 4.69) is 13.0 Å². The van der Waals surface area contributed by atoms with E-state index >= 15 is 0 Å². The van der Waals surface area contributed by atoms with Crippen molar-refractivity contribution in [2.75, 3.05) is 6.54 Å². The fourth-order valence-corrected chi connectivity index (χ4v) is 1.18. The van der Waals surface area contributed by atoms with Gasteiger partial charge in [-0.1, -0.05) is 25.1 Å². The highest BCUT2D eigenvalue weighted by atomic mass is 16.5. The molecule has 1 aromatic rings. The van der Waals surface area contributed by atoms with Crippen LogP contribution < -0.4 is 10.5 Å². The monoisotopic (exact) mass is 179 g/mol. The first-order valence-electron chi connectivity index (χ1n) is 4.72. The lowest BCUT2D eigenvalue weighted by molar-refractivity contribution is 0.228. The Labute approximate surface area is 79.7 Å². The molecule has 0 aliphatic carbocycles. The Morgan fingerprint density at radius 3 is 2.69 bits per heavy atom. The van der Waals surface area contributed by atoms with Crippen molar-refractivity contribution in [2.24, 2.45) is 5.73 Å². The first kappa shape index (κ1) is 10.1. The maximum absolute atomic E-state index is 5.66. The van der Waals surface area contributed by atoms with E-state index in [1.54, 1.807) is 0 Å².